The third-order valence-corrected chi connectivity index (χ3v) is 2.71. The number of hydrogen-bond donors (Lipinski definition) is 1. The molecule has 1 aromatic heterocycles. The molecule has 0 aromatic carbocycles. The van der Waals surface area contributed by atoms with E-state index in [0.717, 1.165) is 37.0 Å². The zero-order valence-corrected chi connectivity index (χ0v) is 8.36. The molecule has 2 rings (SSSR count). The van der Waals surface area contributed by atoms with E-state index < -0.39 is 0 Å². The van der Waals surface area contributed by atoms with Crippen molar-refractivity contribution in [3.05, 3.63) is 24.0 Å². The zero-order chi connectivity index (χ0) is 10.0. The van der Waals surface area contributed by atoms with E-state index >= 15 is 0 Å². The largest absolute Gasteiger partial charge is 0.495 e. The van der Waals surface area contributed by atoms with Crippen molar-refractivity contribution in [1.82, 2.24) is 4.98 Å². The Morgan fingerprint density at radius 2 is 2.29 bits per heavy atom. The third kappa shape index (κ3) is 2.23. The molecule has 1 aliphatic carbocycles. The average molecular weight is 193 g/mol. The van der Waals surface area contributed by atoms with Crippen LogP contribution >= 0.6 is 0 Å². The Labute approximate surface area is 83.7 Å². The van der Waals surface area contributed by atoms with Crippen molar-refractivity contribution >= 4 is 0 Å². The van der Waals surface area contributed by atoms with Gasteiger partial charge in [0.05, 0.1) is 18.9 Å². The molecule has 0 unspecified atom stereocenters. The van der Waals surface area contributed by atoms with Crippen LogP contribution in [0.15, 0.2) is 18.5 Å². The lowest BCUT2D eigenvalue weighted by molar-refractivity contribution is 0.140. The van der Waals surface area contributed by atoms with E-state index in [4.69, 9.17) is 4.74 Å². The molecule has 0 aliphatic heterocycles. The maximum absolute atomic E-state index is 9.66. The van der Waals surface area contributed by atoms with E-state index in [1.54, 1.807) is 13.3 Å². The molecule has 1 saturated carbocycles. The van der Waals surface area contributed by atoms with Crippen molar-refractivity contribution in [2.45, 2.75) is 31.3 Å². The maximum atomic E-state index is 9.66. The van der Waals surface area contributed by atoms with Gasteiger partial charge < -0.3 is 9.84 Å². The molecule has 0 radical (unpaired) electrons. The summed E-state index contributed by atoms with van der Waals surface area (Å²) in [6.45, 7) is 0. The van der Waals surface area contributed by atoms with E-state index in [0.29, 0.717) is 0 Å². The van der Waals surface area contributed by atoms with Gasteiger partial charge in [-0.05, 0) is 37.3 Å². The molecule has 1 fully saturated rings. The van der Waals surface area contributed by atoms with Gasteiger partial charge in [-0.25, -0.2) is 0 Å². The van der Waals surface area contributed by atoms with E-state index in [2.05, 4.69) is 4.98 Å². The molecule has 1 N–H and O–H groups in total. The Bertz CT molecular complexity index is 321. The van der Waals surface area contributed by atoms with Crippen LogP contribution < -0.4 is 4.74 Å². The van der Waals surface area contributed by atoms with Crippen LogP contribution in [0.5, 0.6) is 5.75 Å². The van der Waals surface area contributed by atoms with Gasteiger partial charge in [-0.1, -0.05) is 0 Å². The van der Waals surface area contributed by atoms with E-state index in [-0.39, 0.29) is 5.60 Å². The molecule has 1 aliphatic rings. The summed E-state index contributed by atoms with van der Waals surface area (Å²) < 4.78 is 5.08. The first-order valence-corrected chi connectivity index (χ1v) is 4.92. The van der Waals surface area contributed by atoms with Crippen LogP contribution in [0.4, 0.5) is 0 Å². The molecule has 0 atom stereocenters. The second-order valence-corrected chi connectivity index (χ2v) is 3.96. The molecule has 1 heterocycles. The van der Waals surface area contributed by atoms with Gasteiger partial charge in [0.15, 0.2) is 0 Å². The third-order valence-electron chi connectivity index (χ3n) is 2.71. The highest BCUT2D eigenvalue weighted by Crippen LogP contribution is 2.39. The van der Waals surface area contributed by atoms with Gasteiger partial charge in [-0.3, -0.25) is 4.98 Å². The topological polar surface area (TPSA) is 42.4 Å². The number of methoxy groups -OCH3 is 1. The first-order valence-electron chi connectivity index (χ1n) is 4.92. The van der Waals surface area contributed by atoms with Crippen molar-refractivity contribution in [2.24, 2.45) is 0 Å². The van der Waals surface area contributed by atoms with Crippen LogP contribution in [0.2, 0.25) is 0 Å². The maximum Gasteiger partial charge on any atom is 0.137 e. The minimum absolute atomic E-state index is 0.372. The Kier molecular flexibility index (Phi) is 2.42. The summed E-state index contributed by atoms with van der Waals surface area (Å²) >= 11 is 0. The molecule has 0 saturated heterocycles. The van der Waals surface area contributed by atoms with Gasteiger partial charge in [-0.2, -0.15) is 0 Å². The van der Waals surface area contributed by atoms with Crippen LogP contribution in [-0.4, -0.2) is 22.8 Å². The minimum Gasteiger partial charge on any atom is -0.495 e. The summed E-state index contributed by atoms with van der Waals surface area (Å²) in [6, 6.07) is 1.97. The highest BCUT2D eigenvalue weighted by molar-refractivity contribution is 5.23. The van der Waals surface area contributed by atoms with Crippen molar-refractivity contribution in [3.63, 3.8) is 0 Å². The lowest BCUT2D eigenvalue weighted by atomic mass is 10.1. The van der Waals surface area contributed by atoms with Crippen LogP contribution in [0.25, 0.3) is 0 Å². The summed E-state index contributed by atoms with van der Waals surface area (Å²) in [5.41, 5.74) is 0.757. The second kappa shape index (κ2) is 3.58. The predicted molar refractivity (Wildman–Crippen MR) is 53.3 cm³/mol. The number of aliphatic hydroxyl groups is 1. The van der Waals surface area contributed by atoms with Crippen LogP contribution in [-0.2, 0) is 6.42 Å². The zero-order valence-electron chi connectivity index (χ0n) is 8.36. The van der Waals surface area contributed by atoms with Crippen molar-refractivity contribution in [2.75, 3.05) is 7.11 Å². The lowest BCUT2D eigenvalue weighted by Crippen LogP contribution is -2.07. The summed E-state index contributed by atoms with van der Waals surface area (Å²) in [5.74, 6) is 0.783. The molecule has 1 aromatic rings. The fourth-order valence-electron chi connectivity index (χ4n) is 1.48. The highest BCUT2D eigenvalue weighted by atomic mass is 16.5. The standard InChI is InChI=1S/C11H15NO2/c1-14-10-6-9(7-12-8-10)2-3-11(13)4-5-11/h6-8,13H,2-5H2,1H3. The summed E-state index contributed by atoms with van der Waals surface area (Å²) in [4.78, 5) is 4.07. The minimum atomic E-state index is -0.372. The smallest absolute Gasteiger partial charge is 0.137 e. The van der Waals surface area contributed by atoms with Gasteiger partial charge in [0, 0.05) is 6.20 Å². The first kappa shape index (κ1) is 9.46. The number of rotatable bonds is 4. The number of hydrogen-bond acceptors (Lipinski definition) is 3. The molecule has 3 nitrogen and oxygen atoms in total. The number of nitrogens with zero attached hydrogens (tertiary/aromatic N) is 1. The molecule has 0 spiro atoms. The van der Waals surface area contributed by atoms with Gasteiger partial charge >= 0.3 is 0 Å². The number of pyridine rings is 1. The molecule has 0 amide bonds. The summed E-state index contributed by atoms with van der Waals surface area (Å²) in [7, 11) is 1.63. The lowest BCUT2D eigenvalue weighted by Gasteiger charge is -2.07. The van der Waals surface area contributed by atoms with Gasteiger partial charge in [0.1, 0.15) is 5.75 Å². The summed E-state index contributed by atoms with van der Waals surface area (Å²) in [5, 5.41) is 9.66. The van der Waals surface area contributed by atoms with Crippen LogP contribution in [0.3, 0.4) is 0 Å². The molecule has 0 bridgehead atoms. The molecular weight excluding hydrogens is 178 g/mol. The van der Waals surface area contributed by atoms with E-state index in [9.17, 15) is 5.11 Å². The van der Waals surface area contributed by atoms with Gasteiger partial charge in [-0.15, -0.1) is 0 Å². The Morgan fingerprint density at radius 3 is 2.93 bits per heavy atom. The van der Waals surface area contributed by atoms with Gasteiger partial charge in [0.2, 0.25) is 0 Å². The highest BCUT2D eigenvalue weighted by Gasteiger charge is 2.39. The average Bonchev–Trinajstić information content (AvgIpc) is 2.95. The van der Waals surface area contributed by atoms with E-state index in [1.165, 1.54) is 0 Å². The van der Waals surface area contributed by atoms with Crippen LogP contribution in [0, 0.1) is 0 Å². The second-order valence-electron chi connectivity index (χ2n) is 3.96. The Morgan fingerprint density at radius 1 is 1.50 bits per heavy atom. The molecule has 14 heavy (non-hydrogen) atoms. The molecule has 3 heteroatoms. The number of ether oxygens (including phenoxy) is 1. The number of aromatic nitrogens is 1. The molecular formula is C11H15NO2. The van der Waals surface area contributed by atoms with Crippen molar-refractivity contribution in [3.8, 4) is 5.75 Å². The van der Waals surface area contributed by atoms with E-state index in [1.807, 2.05) is 12.3 Å². The predicted octanol–water partition coefficient (Wildman–Crippen LogP) is 1.55. The monoisotopic (exact) mass is 193 g/mol. The van der Waals surface area contributed by atoms with Crippen molar-refractivity contribution < 1.29 is 9.84 Å². The number of aryl methyl sites for hydroxylation is 1. The van der Waals surface area contributed by atoms with Crippen molar-refractivity contribution in [1.29, 1.82) is 0 Å². The fourth-order valence-corrected chi connectivity index (χ4v) is 1.48. The fraction of sp³-hybridized carbons (Fsp3) is 0.545. The Hall–Kier alpha value is -1.09. The normalized spacial score (nSPS) is 17.9. The summed E-state index contributed by atoms with van der Waals surface area (Å²) in [6.07, 6.45) is 7.13. The Balaban J connectivity index is 1.94. The van der Waals surface area contributed by atoms with Gasteiger partial charge in [0.25, 0.3) is 0 Å². The SMILES string of the molecule is COc1cncc(CCC2(O)CC2)c1. The molecule has 76 valence electrons. The first-order chi connectivity index (χ1) is 6.72. The quantitative estimate of drug-likeness (QED) is 0.788. The van der Waals surface area contributed by atoms with Crippen LogP contribution in [0.1, 0.15) is 24.8 Å².